The SMILES string of the molecule is CCOC(=O)/C=c1/s/c(=C(/C#N)C(=O)NCCc2ccccc2)n(-c2ccc(C)cc2)c1=O. The predicted molar refractivity (Wildman–Crippen MR) is 127 cm³/mol. The molecule has 2 aromatic carbocycles. The van der Waals surface area contributed by atoms with Crippen molar-refractivity contribution in [2.45, 2.75) is 20.3 Å². The number of amides is 1. The van der Waals surface area contributed by atoms with Crippen molar-refractivity contribution < 1.29 is 14.3 Å². The van der Waals surface area contributed by atoms with Gasteiger partial charge in [-0.05, 0) is 38.0 Å². The Morgan fingerprint density at radius 3 is 2.48 bits per heavy atom. The van der Waals surface area contributed by atoms with E-state index in [2.05, 4.69) is 5.32 Å². The highest BCUT2D eigenvalue weighted by atomic mass is 32.1. The molecule has 0 aliphatic heterocycles. The quantitative estimate of drug-likeness (QED) is 0.539. The van der Waals surface area contributed by atoms with Crippen LogP contribution >= 0.6 is 11.3 Å². The molecule has 1 aromatic heterocycles. The number of nitriles is 1. The minimum Gasteiger partial charge on any atom is -0.463 e. The fourth-order valence-corrected chi connectivity index (χ4v) is 4.18. The number of carbonyl (C=O) groups is 2. The summed E-state index contributed by atoms with van der Waals surface area (Å²) in [5.41, 5.74) is 1.83. The van der Waals surface area contributed by atoms with E-state index in [-0.39, 0.29) is 21.4 Å². The predicted octanol–water partition coefficient (Wildman–Crippen LogP) is 1.58. The van der Waals surface area contributed by atoms with Crippen LogP contribution in [0, 0.1) is 18.3 Å². The Morgan fingerprint density at radius 2 is 1.85 bits per heavy atom. The van der Waals surface area contributed by atoms with Crippen LogP contribution in [-0.4, -0.2) is 29.6 Å². The largest absolute Gasteiger partial charge is 0.463 e. The highest BCUT2D eigenvalue weighted by molar-refractivity contribution is 7.07. The fourth-order valence-electron chi connectivity index (χ4n) is 3.12. The second-order valence-corrected chi connectivity index (χ2v) is 8.15. The Morgan fingerprint density at radius 1 is 1.15 bits per heavy atom. The van der Waals surface area contributed by atoms with E-state index < -0.39 is 17.4 Å². The van der Waals surface area contributed by atoms with E-state index in [1.165, 1.54) is 4.57 Å². The lowest BCUT2D eigenvalue weighted by Gasteiger charge is -2.06. The van der Waals surface area contributed by atoms with Crippen LogP contribution in [0.5, 0.6) is 0 Å². The monoisotopic (exact) mass is 461 g/mol. The summed E-state index contributed by atoms with van der Waals surface area (Å²) in [6, 6.07) is 18.7. The number of thiazole rings is 1. The normalized spacial score (nSPS) is 12.1. The van der Waals surface area contributed by atoms with Gasteiger partial charge in [0.25, 0.3) is 11.5 Å². The third kappa shape index (κ3) is 5.84. The number of hydrogen-bond acceptors (Lipinski definition) is 6. The van der Waals surface area contributed by atoms with Gasteiger partial charge in [-0.15, -0.1) is 11.3 Å². The van der Waals surface area contributed by atoms with Crippen LogP contribution < -0.4 is 20.1 Å². The molecule has 0 aliphatic carbocycles. The van der Waals surface area contributed by atoms with Crippen LogP contribution in [0.4, 0.5) is 0 Å². The van der Waals surface area contributed by atoms with Gasteiger partial charge in [0.05, 0.1) is 12.3 Å². The summed E-state index contributed by atoms with van der Waals surface area (Å²) < 4.78 is 6.43. The highest BCUT2D eigenvalue weighted by Crippen LogP contribution is 2.06. The van der Waals surface area contributed by atoms with E-state index in [0.717, 1.165) is 28.5 Å². The van der Waals surface area contributed by atoms with Crippen LogP contribution in [0.1, 0.15) is 18.1 Å². The molecule has 33 heavy (non-hydrogen) atoms. The maximum atomic E-state index is 13.1. The number of ether oxygens (including phenoxy) is 1. The molecule has 0 atom stereocenters. The van der Waals surface area contributed by atoms with Crippen LogP contribution in [0.25, 0.3) is 17.3 Å². The number of rotatable bonds is 7. The van der Waals surface area contributed by atoms with Crippen molar-refractivity contribution in [3.05, 3.63) is 85.3 Å². The van der Waals surface area contributed by atoms with Gasteiger partial charge in [-0.1, -0.05) is 48.0 Å². The topological polar surface area (TPSA) is 101 Å². The molecule has 0 bridgehead atoms. The summed E-state index contributed by atoms with van der Waals surface area (Å²) in [5, 5.41) is 12.5. The van der Waals surface area contributed by atoms with Gasteiger partial charge in [0.2, 0.25) is 0 Å². The Bertz CT molecular complexity index is 1360. The van der Waals surface area contributed by atoms with E-state index in [1.54, 1.807) is 19.1 Å². The molecule has 0 saturated carbocycles. The zero-order valence-corrected chi connectivity index (χ0v) is 19.1. The molecule has 0 spiro atoms. The average Bonchev–Trinajstić information content (AvgIpc) is 3.11. The zero-order chi connectivity index (χ0) is 23.8. The third-order valence-corrected chi connectivity index (χ3v) is 5.84. The molecule has 1 amide bonds. The Balaban J connectivity index is 2.07. The molecule has 0 radical (unpaired) electrons. The van der Waals surface area contributed by atoms with Gasteiger partial charge in [-0.3, -0.25) is 14.2 Å². The van der Waals surface area contributed by atoms with Gasteiger partial charge >= 0.3 is 5.97 Å². The number of esters is 1. The maximum absolute atomic E-state index is 13.1. The first kappa shape index (κ1) is 23.7. The Hall–Kier alpha value is -3.96. The van der Waals surface area contributed by atoms with Gasteiger partial charge in [0.1, 0.15) is 15.3 Å². The van der Waals surface area contributed by atoms with E-state index in [9.17, 15) is 19.6 Å². The van der Waals surface area contributed by atoms with Gasteiger partial charge in [0, 0.05) is 12.6 Å². The first-order chi connectivity index (χ1) is 15.9. The van der Waals surface area contributed by atoms with Gasteiger partial charge < -0.3 is 10.1 Å². The molecule has 0 saturated heterocycles. The third-order valence-electron chi connectivity index (χ3n) is 4.75. The lowest BCUT2D eigenvalue weighted by atomic mass is 10.1. The van der Waals surface area contributed by atoms with Gasteiger partial charge in [0.15, 0.2) is 5.57 Å². The van der Waals surface area contributed by atoms with Crippen molar-refractivity contribution in [1.82, 2.24) is 9.88 Å². The van der Waals surface area contributed by atoms with Crippen LogP contribution in [0.3, 0.4) is 0 Å². The minimum absolute atomic E-state index is 0.0776. The van der Waals surface area contributed by atoms with E-state index in [4.69, 9.17) is 4.74 Å². The zero-order valence-electron chi connectivity index (χ0n) is 18.3. The number of aryl methyl sites for hydroxylation is 1. The second-order valence-electron chi connectivity index (χ2n) is 7.12. The van der Waals surface area contributed by atoms with Crippen molar-refractivity contribution in [3.8, 4) is 11.8 Å². The van der Waals surface area contributed by atoms with E-state index in [0.29, 0.717) is 18.7 Å². The smallest absolute Gasteiger partial charge is 0.332 e. The summed E-state index contributed by atoms with van der Waals surface area (Å²) in [6.45, 7) is 4.07. The van der Waals surface area contributed by atoms with Crippen LogP contribution in [-0.2, 0) is 20.7 Å². The molecule has 1 N–H and O–H groups in total. The van der Waals surface area contributed by atoms with E-state index in [1.807, 2.05) is 55.5 Å². The molecule has 168 valence electrons. The standard InChI is InChI=1S/C25H23N3O4S/c1-3-32-22(29)15-21-24(31)28(19-11-9-17(2)10-12-19)25(33-21)20(16-26)23(30)27-14-13-18-7-5-4-6-8-18/h4-12,15H,3,13-14H2,1-2H3,(H,27,30)/b21-15+,25-20-. The molecule has 0 fully saturated rings. The Labute approximate surface area is 194 Å². The number of aromatic nitrogens is 1. The molecule has 1 heterocycles. The van der Waals surface area contributed by atoms with Gasteiger partial charge in [-0.25, -0.2) is 4.79 Å². The Kier molecular flexibility index (Phi) is 7.95. The van der Waals surface area contributed by atoms with Crippen molar-refractivity contribution >= 4 is 34.9 Å². The first-order valence-corrected chi connectivity index (χ1v) is 11.2. The summed E-state index contributed by atoms with van der Waals surface area (Å²) in [7, 11) is 0. The molecule has 8 heteroatoms. The lowest BCUT2D eigenvalue weighted by Crippen LogP contribution is -2.34. The molecule has 7 nitrogen and oxygen atoms in total. The van der Waals surface area contributed by atoms with Crippen molar-refractivity contribution in [2.75, 3.05) is 13.2 Å². The molecular weight excluding hydrogens is 438 g/mol. The number of nitrogens with zero attached hydrogens (tertiary/aromatic N) is 2. The molecular formula is C25H23N3O4S. The first-order valence-electron chi connectivity index (χ1n) is 10.4. The molecule has 0 unspecified atom stereocenters. The summed E-state index contributed by atoms with van der Waals surface area (Å²) in [6.07, 6.45) is 1.69. The van der Waals surface area contributed by atoms with Crippen molar-refractivity contribution in [3.63, 3.8) is 0 Å². The van der Waals surface area contributed by atoms with Crippen molar-refractivity contribution in [1.29, 1.82) is 5.26 Å². The highest BCUT2D eigenvalue weighted by Gasteiger charge is 2.17. The second kappa shape index (κ2) is 11.1. The average molecular weight is 462 g/mol. The molecule has 0 aliphatic rings. The number of benzene rings is 2. The maximum Gasteiger partial charge on any atom is 0.332 e. The van der Waals surface area contributed by atoms with Gasteiger partial charge in [-0.2, -0.15) is 5.26 Å². The number of hydrogen-bond donors (Lipinski definition) is 1. The minimum atomic E-state index is -0.663. The lowest BCUT2D eigenvalue weighted by molar-refractivity contribution is -0.135. The summed E-state index contributed by atoms with van der Waals surface area (Å²) in [4.78, 5) is 37.9. The molecule has 3 aromatic rings. The van der Waals surface area contributed by atoms with Crippen LogP contribution in [0.15, 0.2) is 59.4 Å². The fraction of sp³-hybridized carbons (Fsp3) is 0.200. The van der Waals surface area contributed by atoms with Crippen molar-refractivity contribution in [2.24, 2.45) is 0 Å². The number of carbonyl (C=O) groups excluding carboxylic acids is 2. The molecule has 3 rings (SSSR count). The van der Waals surface area contributed by atoms with Crippen LogP contribution in [0.2, 0.25) is 0 Å². The summed E-state index contributed by atoms with van der Waals surface area (Å²) in [5.74, 6) is -1.25. The summed E-state index contributed by atoms with van der Waals surface area (Å²) >= 11 is 0.904. The van der Waals surface area contributed by atoms with E-state index >= 15 is 0 Å². The number of nitrogens with one attached hydrogen (secondary N) is 1.